The first-order valence-electron chi connectivity index (χ1n) is 6.84. The Morgan fingerprint density at radius 3 is 2.71 bits per heavy atom. The molecule has 0 aliphatic carbocycles. The molecular weight excluding hydrogens is 292 g/mol. The molecule has 1 aromatic rings. The van der Waals surface area contributed by atoms with Gasteiger partial charge < -0.3 is 20.1 Å². The number of halogens is 1. The normalized spacial score (nSPS) is 15.6. The molecule has 1 heterocycles. The number of ether oxygens (including phenoxy) is 1. The number of aromatic hydroxyl groups is 1. The molecule has 1 unspecified atom stereocenters. The van der Waals surface area contributed by atoms with Crippen molar-refractivity contribution in [1.29, 1.82) is 0 Å². The summed E-state index contributed by atoms with van der Waals surface area (Å²) < 4.78 is 5.08. The number of phenols is 1. The maximum atomic E-state index is 12.3. The number of nitrogens with one attached hydrogen (secondary N) is 1. The van der Waals surface area contributed by atoms with E-state index in [2.05, 4.69) is 5.32 Å². The number of carbonyl (C=O) groups is 1. The molecule has 1 aliphatic heterocycles. The number of amides is 1. The van der Waals surface area contributed by atoms with E-state index in [0.29, 0.717) is 18.2 Å². The van der Waals surface area contributed by atoms with Gasteiger partial charge in [-0.2, -0.15) is 0 Å². The minimum absolute atomic E-state index is 0. The Morgan fingerprint density at radius 1 is 1.52 bits per heavy atom. The molecule has 0 spiro atoms. The van der Waals surface area contributed by atoms with E-state index >= 15 is 0 Å². The molecule has 0 bridgehead atoms. The van der Waals surface area contributed by atoms with E-state index in [1.807, 2.05) is 14.0 Å². The molecule has 1 amide bonds. The number of carbonyl (C=O) groups excluding carboxylic acids is 1. The summed E-state index contributed by atoms with van der Waals surface area (Å²) in [6.07, 6.45) is 0. The van der Waals surface area contributed by atoms with Crippen LogP contribution in [0.5, 0.6) is 11.5 Å². The molecule has 2 N–H and O–H groups in total. The van der Waals surface area contributed by atoms with Crippen molar-refractivity contribution in [2.75, 3.05) is 27.2 Å². The Hall–Kier alpha value is -1.46. The molecule has 1 aliphatic rings. The maximum Gasteiger partial charge on any atom is 0.225 e. The largest absolute Gasteiger partial charge is 0.504 e. The van der Waals surface area contributed by atoms with Crippen molar-refractivity contribution < 1.29 is 14.6 Å². The highest BCUT2D eigenvalue weighted by Crippen LogP contribution is 2.27. The number of phenolic OH excluding ortho intramolecular Hbond substituents is 1. The summed E-state index contributed by atoms with van der Waals surface area (Å²) in [5.41, 5.74) is 0.939. The molecule has 5 nitrogen and oxygen atoms in total. The lowest BCUT2D eigenvalue weighted by atomic mass is 9.88. The Kier molecular flexibility index (Phi) is 6.30. The van der Waals surface area contributed by atoms with E-state index in [1.54, 1.807) is 23.1 Å². The highest BCUT2D eigenvalue weighted by Gasteiger charge is 2.30. The van der Waals surface area contributed by atoms with Gasteiger partial charge in [0.2, 0.25) is 5.91 Å². The fourth-order valence-electron chi connectivity index (χ4n) is 2.39. The first-order chi connectivity index (χ1) is 9.52. The highest BCUT2D eigenvalue weighted by atomic mass is 35.5. The minimum atomic E-state index is 0. The van der Waals surface area contributed by atoms with Crippen LogP contribution >= 0.6 is 12.4 Å². The first-order valence-corrected chi connectivity index (χ1v) is 6.84. The minimum Gasteiger partial charge on any atom is -0.504 e. The molecule has 1 atom stereocenters. The lowest BCUT2D eigenvalue weighted by Gasteiger charge is -2.34. The van der Waals surface area contributed by atoms with Crippen LogP contribution in [-0.4, -0.2) is 43.2 Å². The third kappa shape index (κ3) is 4.02. The standard InChI is InChI=1S/C15H22N2O3.ClH/c1-10(12-7-16-8-12)15(19)17(2)9-11-4-5-13(18)14(6-11)20-3;/h4-6,10,12,16,18H,7-9H2,1-3H3;1H. The SMILES string of the molecule is COc1cc(CN(C)C(=O)C(C)C2CNC2)ccc1O.Cl. The van der Waals surface area contributed by atoms with Gasteiger partial charge >= 0.3 is 0 Å². The topological polar surface area (TPSA) is 61.8 Å². The van der Waals surface area contributed by atoms with Crippen LogP contribution < -0.4 is 10.1 Å². The Balaban J connectivity index is 0.00000220. The van der Waals surface area contributed by atoms with Crippen molar-refractivity contribution in [3.63, 3.8) is 0 Å². The Morgan fingerprint density at radius 2 is 2.19 bits per heavy atom. The van der Waals surface area contributed by atoms with Gasteiger partial charge in [-0.25, -0.2) is 0 Å². The van der Waals surface area contributed by atoms with Crippen LogP contribution in [0.2, 0.25) is 0 Å². The lowest BCUT2D eigenvalue weighted by Crippen LogP contribution is -2.49. The van der Waals surface area contributed by atoms with E-state index in [-0.39, 0.29) is 30.0 Å². The van der Waals surface area contributed by atoms with Gasteiger partial charge in [-0.1, -0.05) is 13.0 Å². The summed E-state index contributed by atoms with van der Waals surface area (Å²) >= 11 is 0. The van der Waals surface area contributed by atoms with Crippen molar-refractivity contribution in [3.8, 4) is 11.5 Å². The van der Waals surface area contributed by atoms with Crippen LogP contribution in [0.1, 0.15) is 12.5 Å². The van der Waals surface area contributed by atoms with Gasteiger partial charge in [-0.3, -0.25) is 4.79 Å². The van der Waals surface area contributed by atoms with Crippen LogP contribution in [0.3, 0.4) is 0 Å². The molecule has 1 fully saturated rings. The zero-order chi connectivity index (χ0) is 14.7. The predicted octanol–water partition coefficient (Wildman–Crippen LogP) is 1.64. The van der Waals surface area contributed by atoms with Crippen molar-refractivity contribution in [3.05, 3.63) is 23.8 Å². The van der Waals surface area contributed by atoms with Gasteiger partial charge in [0.15, 0.2) is 11.5 Å². The quantitative estimate of drug-likeness (QED) is 0.867. The Labute approximate surface area is 131 Å². The summed E-state index contributed by atoms with van der Waals surface area (Å²) in [4.78, 5) is 14.1. The van der Waals surface area contributed by atoms with Crippen molar-refractivity contribution in [2.24, 2.45) is 11.8 Å². The lowest BCUT2D eigenvalue weighted by molar-refractivity contribution is -0.136. The van der Waals surface area contributed by atoms with Crippen LogP contribution in [0.4, 0.5) is 0 Å². The second-order valence-electron chi connectivity index (χ2n) is 5.41. The molecule has 0 radical (unpaired) electrons. The first kappa shape index (κ1) is 17.6. The number of hydrogen-bond acceptors (Lipinski definition) is 4. The van der Waals surface area contributed by atoms with Crippen LogP contribution in [0, 0.1) is 11.8 Å². The zero-order valence-electron chi connectivity index (χ0n) is 12.6. The van der Waals surface area contributed by atoms with Crippen LogP contribution in [0.25, 0.3) is 0 Å². The number of hydrogen-bond donors (Lipinski definition) is 2. The summed E-state index contributed by atoms with van der Waals surface area (Å²) in [6.45, 7) is 4.35. The van der Waals surface area contributed by atoms with Gasteiger partial charge in [-0.05, 0) is 36.7 Å². The molecule has 1 aromatic carbocycles. The fraction of sp³-hybridized carbons (Fsp3) is 0.533. The van der Waals surface area contributed by atoms with E-state index < -0.39 is 0 Å². The maximum absolute atomic E-state index is 12.3. The molecule has 0 aromatic heterocycles. The number of nitrogens with zero attached hydrogens (tertiary/aromatic N) is 1. The zero-order valence-corrected chi connectivity index (χ0v) is 13.4. The average Bonchev–Trinajstić information content (AvgIpc) is 2.37. The monoisotopic (exact) mass is 314 g/mol. The van der Waals surface area contributed by atoms with Crippen molar-refractivity contribution in [2.45, 2.75) is 13.5 Å². The second-order valence-corrected chi connectivity index (χ2v) is 5.41. The summed E-state index contributed by atoms with van der Waals surface area (Å²) in [5, 5.41) is 12.8. The third-order valence-electron chi connectivity index (χ3n) is 3.95. The van der Waals surface area contributed by atoms with Gasteiger partial charge in [-0.15, -0.1) is 12.4 Å². The summed E-state index contributed by atoms with van der Waals surface area (Å²) in [7, 11) is 3.32. The molecule has 118 valence electrons. The van der Waals surface area contributed by atoms with E-state index in [1.165, 1.54) is 7.11 Å². The van der Waals surface area contributed by atoms with E-state index in [0.717, 1.165) is 18.7 Å². The third-order valence-corrected chi connectivity index (χ3v) is 3.95. The van der Waals surface area contributed by atoms with E-state index in [9.17, 15) is 9.90 Å². The number of rotatable bonds is 5. The molecule has 1 saturated heterocycles. The second kappa shape index (κ2) is 7.52. The van der Waals surface area contributed by atoms with Gasteiger partial charge in [0.05, 0.1) is 7.11 Å². The molecule has 6 heteroatoms. The van der Waals surface area contributed by atoms with Crippen molar-refractivity contribution in [1.82, 2.24) is 10.2 Å². The Bertz CT molecular complexity index is 492. The highest BCUT2D eigenvalue weighted by molar-refractivity contribution is 5.85. The van der Waals surface area contributed by atoms with Crippen molar-refractivity contribution >= 4 is 18.3 Å². The molecular formula is C15H23ClN2O3. The fourth-order valence-corrected chi connectivity index (χ4v) is 2.39. The van der Waals surface area contributed by atoms with Crippen LogP contribution in [0.15, 0.2) is 18.2 Å². The molecule has 21 heavy (non-hydrogen) atoms. The summed E-state index contributed by atoms with van der Waals surface area (Å²) in [5.74, 6) is 1.18. The average molecular weight is 315 g/mol. The van der Waals surface area contributed by atoms with Gasteiger partial charge in [0.1, 0.15) is 0 Å². The smallest absolute Gasteiger partial charge is 0.225 e. The van der Waals surface area contributed by atoms with Gasteiger partial charge in [0.25, 0.3) is 0 Å². The molecule has 2 rings (SSSR count). The van der Waals surface area contributed by atoms with Crippen LogP contribution in [-0.2, 0) is 11.3 Å². The number of methoxy groups -OCH3 is 1. The summed E-state index contributed by atoms with van der Waals surface area (Å²) in [6, 6.07) is 5.15. The van der Waals surface area contributed by atoms with E-state index in [4.69, 9.17) is 4.74 Å². The predicted molar refractivity (Wildman–Crippen MR) is 83.9 cm³/mol. The number of benzene rings is 1. The molecule has 0 saturated carbocycles. The van der Waals surface area contributed by atoms with Gasteiger partial charge in [0, 0.05) is 19.5 Å².